The topological polar surface area (TPSA) is 58.6 Å². The Morgan fingerprint density at radius 2 is 1.78 bits per heavy atom. The summed E-state index contributed by atoms with van der Waals surface area (Å²) in [6.07, 6.45) is 0. The van der Waals surface area contributed by atoms with Gasteiger partial charge in [-0.05, 0) is 59.2 Å². The molecule has 4 rings (SSSR count). The molecule has 2 N–H and O–H groups in total. The van der Waals surface area contributed by atoms with E-state index in [4.69, 9.17) is 27.9 Å². The van der Waals surface area contributed by atoms with Crippen molar-refractivity contribution in [2.45, 2.75) is 20.1 Å². The van der Waals surface area contributed by atoms with Crippen LogP contribution in [0.15, 0.2) is 72.8 Å². The average Bonchev–Trinajstić information content (AvgIpc) is 2.79. The van der Waals surface area contributed by atoms with Crippen LogP contribution in [0.4, 0.5) is 5.69 Å². The second-order valence-electron chi connectivity index (χ2n) is 7.49. The number of aromatic carboxylic acids is 1. The Hall–Kier alpha value is -3.21. The summed E-state index contributed by atoms with van der Waals surface area (Å²) in [7, 11) is 0. The smallest absolute Gasteiger partial charge is 0.335 e. The minimum atomic E-state index is -0.955. The zero-order chi connectivity index (χ0) is 22.7. The molecule has 4 aromatic rings. The van der Waals surface area contributed by atoms with Crippen molar-refractivity contribution in [3.63, 3.8) is 0 Å². The number of carboxylic acid groups (broad SMARTS) is 1. The van der Waals surface area contributed by atoms with Gasteiger partial charge in [0.05, 0.1) is 15.6 Å². The van der Waals surface area contributed by atoms with Gasteiger partial charge in [-0.1, -0.05) is 65.7 Å². The first-order valence-corrected chi connectivity index (χ1v) is 10.8. The summed E-state index contributed by atoms with van der Waals surface area (Å²) in [4.78, 5) is 11.4. The largest absolute Gasteiger partial charge is 0.489 e. The molecule has 0 amide bonds. The highest BCUT2D eigenvalue weighted by molar-refractivity contribution is 6.42. The van der Waals surface area contributed by atoms with Crippen LogP contribution < -0.4 is 10.1 Å². The summed E-state index contributed by atoms with van der Waals surface area (Å²) >= 11 is 12.1. The van der Waals surface area contributed by atoms with Gasteiger partial charge in [-0.15, -0.1) is 0 Å². The molecule has 4 aromatic carbocycles. The fourth-order valence-corrected chi connectivity index (χ4v) is 3.87. The number of hydrogen-bond acceptors (Lipinski definition) is 3. The number of nitrogens with one attached hydrogen (secondary N) is 1. The summed E-state index contributed by atoms with van der Waals surface area (Å²) < 4.78 is 6.17. The minimum absolute atomic E-state index is 0.243. The second-order valence-corrected chi connectivity index (χ2v) is 8.30. The number of hydrogen-bond donors (Lipinski definition) is 2. The van der Waals surface area contributed by atoms with Crippen LogP contribution in [0.5, 0.6) is 5.75 Å². The number of fused-ring (bicyclic) bond motifs is 1. The van der Waals surface area contributed by atoms with Gasteiger partial charge in [-0.3, -0.25) is 0 Å². The maximum absolute atomic E-state index is 11.4. The van der Waals surface area contributed by atoms with E-state index in [2.05, 4.69) is 17.4 Å². The van der Waals surface area contributed by atoms with Crippen molar-refractivity contribution < 1.29 is 14.6 Å². The molecule has 0 unspecified atom stereocenters. The third-order valence-electron chi connectivity index (χ3n) is 5.32. The molecule has 0 heterocycles. The average molecular weight is 466 g/mol. The highest BCUT2D eigenvalue weighted by Gasteiger charge is 2.12. The molecular formula is C26H21Cl2NO3. The lowest BCUT2D eigenvalue weighted by Gasteiger charge is -2.17. The normalized spacial score (nSPS) is 10.8. The van der Waals surface area contributed by atoms with Gasteiger partial charge < -0.3 is 15.2 Å². The first-order chi connectivity index (χ1) is 15.4. The summed E-state index contributed by atoms with van der Waals surface area (Å²) in [6, 6.07) is 22.6. The Morgan fingerprint density at radius 1 is 0.969 bits per heavy atom. The first-order valence-electron chi connectivity index (χ1n) is 10.1. The van der Waals surface area contributed by atoms with E-state index >= 15 is 0 Å². The number of carbonyl (C=O) groups is 1. The van der Waals surface area contributed by atoms with Crippen molar-refractivity contribution in [3.05, 3.63) is 105 Å². The zero-order valence-corrected chi connectivity index (χ0v) is 18.9. The van der Waals surface area contributed by atoms with Gasteiger partial charge >= 0.3 is 5.97 Å². The first kappa shape index (κ1) is 22.0. The molecule has 0 atom stereocenters. The molecule has 4 nitrogen and oxygen atoms in total. The fourth-order valence-electron chi connectivity index (χ4n) is 3.55. The van der Waals surface area contributed by atoms with Gasteiger partial charge in [0, 0.05) is 17.8 Å². The van der Waals surface area contributed by atoms with Gasteiger partial charge in [-0.25, -0.2) is 4.79 Å². The van der Waals surface area contributed by atoms with E-state index in [1.807, 2.05) is 37.3 Å². The van der Waals surface area contributed by atoms with E-state index in [1.54, 1.807) is 30.3 Å². The van der Waals surface area contributed by atoms with Crippen molar-refractivity contribution in [1.82, 2.24) is 0 Å². The Kier molecular flexibility index (Phi) is 6.54. The number of rotatable bonds is 7. The summed E-state index contributed by atoms with van der Waals surface area (Å²) in [5.41, 5.74) is 3.88. The van der Waals surface area contributed by atoms with E-state index in [-0.39, 0.29) is 5.56 Å². The maximum atomic E-state index is 11.4. The number of ether oxygens (including phenoxy) is 1. The highest BCUT2D eigenvalue weighted by atomic mass is 35.5. The van der Waals surface area contributed by atoms with Crippen molar-refractivity contribution in [2.75, 3.05) is 5.32 Å². The van der Waals surface area contributed by atoms with Gasteiger partial charge in [0.1, 0.15) is 12.4 Å². The quantitative estimate of drug-likeness (QED) is 0.299. The van der Waals surface area contributed by atoms with Crippen molar-refractivity contribution >= 4 is 45.6 Å². The molecular weight excluding hydrogens is 445 g/mol. The summed E-state index contributed by atoms with van der Waals surface area (Å²) in [5, 5.41) is 15.9. The van der Waals surface area contributed by atoms with E-state index < -0.39 is 5.97 Å². The van der Waals surface area contributed by atoms with Gasteiger partial charge in [0.25, 0.3) is 0 Å². The maximum Gasteiger partial charge on any atom is 0.335 e. The number of halogens is 2. The second kappa shape index (κ2) is 9.51. The molecule has 0 aliphatic heterocycles. The number of anilines is 1. The molecule has 162 valence electrons. The third kappa shape index (κ3) is 4.82. The molecule has 0 saturated carbocycles. The molecule has 0 aliphatic rings. The van der Waals surface area contributed by atoms with Crippen LogP contribution >= 0.6 is 23.2 Å². The molecule has 0 spiro atoms. The van der Waals surface area contributed by atoms with E-state index in [9.17, 15) is 9.90 Å². The van der Waals surface area contributed by atoms with Crippen molar-refractivity contribution in [1.29, 1.82) is 0 Å². The Bertz CT molecular complexity index is 1300. The van der Waals surface area contributed by atoms with Crippen LogP contribution in [-0.4, -0.2) is 11.1 Å². The molecule has 0 aliphatic carbocycles. The molecule has 0 radical (unpaired) electrons. The van der Waals surface area contributed by atoms with Crippen LogP contribution in [0.25, 0.3) is 10.8 Å². The van der Waals surface area contributed by atoms with Crippen LogP contribution in [-0.2, 0) is 13.2 Å². The lowest BCUT2D eigenvalue weighted by atomic mass is 10.0. The lowest BCUT2D eigenvalue weighted by molar-refractivity contribution is 0.0697. The molecule has 32 heavy (non-hydrogen) atoms. The zero-order valence-electron chi connectivity index (χ0n) is 17.4. The summed E-state index contributed by atoms with van der Waals surface area (Å²) in [6.45, 7) is 2.76. The van der Waals surface area contributed by atoms with Crippen LogP contribution in [0.3, 0.4) is 0 Å². The van der Waals surface area contributed by atoms with Crippen molar-refractivity contribution in [3.8, 4) is 5.75 Å². The van der Waals surface area contributed by atoms with Crippen molar-refractivity contribution in [2.24, 2.45) is 0 Å². The third-order valence-corrected chi connectivity index (χ3v) is 6.06. The molecule has 0 saturated heterocycles. The lowest BCUT2D eigenvalue weighted by Crippen LogP contribution is -2.07. The summed E-state index contributed by atoms with van der Waals surface area (Å²) in [5.74, 6) is -0.210. The van der Waals surface area contributed by atoms with Crippen LogP contribution in [0.2, 0.25) is 10.0 Å². The molecule has 0 fully saturated rings. The predicted octanol–water partition coefficient (Wildman–Crippen LogP) is 7.34. The molecule has 6 heteroatoms. The highest BCUT2D eigenvalue weighted by Crippen LogP contribution is 2.31. The molecule has 0 bridgehead atoms. The predicted molar refractivity (Wildman–Crippen MR) is 130 cm³/mol. The van der Waals surface area contributed by atoms with Gasteiger partial charge in [-0.2, -0.15) is 0 Å². The standard InChI is InChI=1S/C26H21Cl2NO3/c1-16-6-8-19(26(30)31)13-24(16)29-14-21-20-5-3-2-4-18(20)9-11-25(21)32-15-17-7-10-22(27)23(28)12-17/h2-13,29H,14-15H2,1H3,(H,30,31). The van der Waals surface area contributed by atoms with E-state index in [0.29, 0.717) is 23.2 Å². The Labute approximate surface area is 196 Å². The SMILES string of the molecule is Cc1ccc(C(=O)O)cc1NCc1c(OCc2ccc(Cl)c(Cl)c2)ccc2ccccc12. The molecule has 0 aromatic heterocycles. The Balaban J connectivity index is 1.64. The fraction of sp³-hybridized carbons (Fsp3) is 0.115. The minimum Gasteiger partial charge on any atom is -0.489 e. The van der Waals surface area contributed by atoms with Gasteiger partial charge in [0.15, 0.2) is 0 Å². The Morgan fingerprint density at radius 3 is 2.56 bits per heavy atom. The van der Waals surface area contributed by atoms with Crippen LogP contribution in [0, 0.1) is 6.92 Å². The van der Waals surface area contributed by atoms with E-state index in [0.717, 1.165) is 38.9 Å². The van der Waals surface area contributed by atoms with Gasteiger partial charge in [0.2, 0.25) is 0 Å². The number of carboxylic acids is 1. The number of benzene rings is 4. The monoisotopic (exact) mass is 465 g/mol. The van der Waals surface area contributed by atoms with E-state index in [1.165, 1.54) is 0 Å². The van der Waals surface area contributed by atoms with Crippen LogP contribution in [0.1, 0.15) is 27.0 Å². The number of aryl methyl sites for hydroxylation is 1.